The summed E-state index contributed by atoms with van der Waals surface area (Å²) in [5.41, 5.74) is 6.40. The van der Waals surface area contributed by atoms with Crippen LogP contribution in [0.5, 0.6) is 0 Å². The Balaban J connectivity index is 2.47. The Morgan fingerprint density at radius 2 is 2.00 bits per heavy atom. The van der Waals surface area contributed by atoms with E-state index < -0.39 is 24.3 Å². The normalized spacial score (nSPS) is 21.3. The van der Waals surface area contributed by atoms with Crippen LogP contribution >= 0.6 is 0 Å². The maximum absolute atomic E-state index is 10.8. The van der Waals surface area contributed by atoms with E-state index in [1.54, 1.807) is 6.08 Å². The molecule has 2 unspecified atom stereocenters. The van der Waals surface area contributed by atoms with Crippen molar-refractivity contribution < 1.29 is 19.8 Å². The SMILES string of the molecule is CC(C)(C)C1(CC=CC(N)C(O)N[C@H](C=O)CC(=O)O)CC1. The first kappa shape index (κ1) is 18.8. The molecular formula is C16H28N2O4. The molecule has 22 heavy (non-hydrogen) atoms. The number of hydrogen-bond donors (Lipinski definition) is 4. The van der Waals surface area contributed by atoms with E-state index in [9.17, 15) is 14.7 Å². The van der Waals surface area contributed by atoms with Crippen molar-refractivity contribution >= 4 is 12.3 Å². The summed E-state index contributed by atoms with van der Waals surface area (Å²) in [6.45, 7) is 6.68. The van der Waals surface area contributed by atoms with Crippen molar-refractivity contribution in [2.24, 2.45) is 16.6 Å². The molecule has 0 heterocycles. The topological polar surface area (TPSA) is 113 Å². The second-order valence-corrected chi connectivity index (χ2v) is 7.19. The lowest BCUT2D eigenvalue weighted by molar-refractivity contribution is -0.138. The van der Waals surface area contributed by atoms with Crippen molar-refractivity contribution in [3.8, 4) is 0 Å². The minimum Gasteiger partial charge on any atom is -0.481 e. The van der Waals surface area contributed by atoms with Crippen LogP contribution in [0.1, 0.15) is 46.5 Å². The zero-order valence-electron chi connectivity index (χ0n) is 13.6. The van der Waals surface area contributed by atoms with Crippen LogP contribution in [0, 0.1) is 10.8 Å². The number of nitrogens with one attached hydrogen (secondary N) is 1. The summed E-state index contributed by atoms with van der Waals surface area (Å²) >= 11 is 0. The number of carboxylic acids is 1. The van der Waals surface area contributed by atoms with Gasteiger partial charge in [-0.15, -0.1) is 0 Å². The molecule has 5 N–H and O–H groups in total. The number of carboxylic acid groups (broad SMARTS) is 1. The number of rotatable bonds is 9. The zero-order chi connectivity index (χ0) is 17.0. The largest absolute Gasteiger partial charge is 0.481 e. The summed E-state index contributed by atoms with van der Waals surface area (Å²) in [6.07, 6.45) is 5.91. The smallest absolute Gasteiger partial charge is 0.305 e. The summed E-state index contributed by atoms with van der Waals surface area (Å²) in [7, 11) is 0. The minimum absolute atomic E-state index is 0.238. The van der Waals surface area contributed by atoms with E-state index in [-0.39, 0.29) is 11.8 Å². The molecule has 1 saturated carbocycles. The summed E-state index contributed by atoms with van der Waals surface area (Å²) in [5.74, 6) is -1.11. The van der Waals surface area contributed by atoms with Gasteiger partial charge in [-0.25, -0.2) is 0 Å². The predicted octanol–water partition coefficient (Wildman–Crippen LogP) is 1.04. The molecule has 6 heteroatoms. The molecule has 0 aromatic heterocycles. The fourth-order valence-electron chi connectivity index (χ4n) is 2.63. The Labute approximate surface area is 131 Å². The Morgan fingerprint density at radius 1 is 1.41 bits per heavy atom. The van der Waals surface area contributed by atoms with Gasteiger partial charge in [0.05, 0.1) is 18.5 Å². The van der Waals surface area contributed by atoms with E-state index in [2.05, 4.69) is 26.1 Å². The maximum atomic E-state index is 10.8. The van der Waals surface area contributed by atoms with E-state index in [1.807, 2.05) is 6.08 Å². The van der Waals surface area contributed by atoms with Crippen LogP contribution < -0.4 is 11.1 Å². The molecule has 126 valence electrons. The van der Waals surface area contributed by atoms with Gasteiger partial charge in [0.25, 0.3) is 0 Å². The fourth-order valence-corrected chi connectivity index (χ4v) is 2.63. The fraction of sp³-hybridized carbons (Fsp3) is 0.750. The lowest BCUT2D eigenvalue weighted by Gasteiger charge is -2.30. The molecule has 3 atom stereocenters. The van der Waals surface area contributed by atoms with Crippen molar-refractivity contribution in [3.63, 3.8) is 0 Å². The Kier molecular flexibility index (Phi) is 6.28. The van der Waals surface area contributed by atoms with Crippen LogP contribution in [0.3, 0.4) is 0 Å². The summed E-state index contributed by atoms with van der Waals surface area (Å²) in [6, 6.07) is -1.64. The molecule has 0 radical (unpaired) electrons. The molecule has 0 aliphatic heterocycles. The van der Waals surface area contributed by atoms with Crippen LogP contribution in [-0.2, 0) is 9.59 Å². The van der Waals surface area contributed by atoms with E-state index in [0.717, 1.165) is 6.42 Å². The van der Waals surface area contributed by atoms with Crippen molar-refractivity contribution in [1.29, 1.82) is 0 Å². The summed E-state index contributed by atoms with van der Waals surface area (Å²) < 4.78 is 0. The van der Waals surface area contributed by atoms with Gasteiger partial charge in [0, 0.05) is 0 Å². The second kappa shape index (κ2) is 7.35. The lowest BCUT2D eigenvalue weighted by Crippen LogP contribution is -2.49. The third-order valence-corrected chi connectivity index (χ3v) is 4.62. The number of carbonyl (C=O) groups excluding carboxylic acids is 1. The number of aldehydes is 1. The Morgan fingerprint density at radius 3 is 2.41 bits per heavy atom. The molecular weight excluding hydrogens is 284 g/mol. The van der Waals surface area contributed by atoms with Crippen LogP contribution in [-0.4, -0.2) is 40.8 Å². The van der Waals surface area contributed by atoms with Gasteiger partial charge in [-0.2, -0.15) is 0 Å². The number of nitrogens with two attached hydrogens (primary N) is 1. The number of allylic oxidation sites excluding steroid dienone is 1. The Hall–Kier alpha value is -1.24. The maximum Gasteiger partial charge on any atom is 0.305 e. The molecule has 1 aliphatic carbocycles. The first-order valence-corrected chi connectivity index (χ1v) is 7.65. The molecule has 0 saturated heterocycles. The lowest BCUT2D eigenvalue weighted by atomic mass is 9.75. The molecule has 0 aromatic carbocycles. The van der Waals surface area contributed by atoms with Gasteiger partial charge < -0.3 is 20.7 Å². The molecule has 0 amide bonds. The molecule has 1 rings (SSSR count). The average molecular weight is 312 g/mol. The molecule has 1 fully saturated rings. The van der Waals surface area contributed by atoms with Crippen molar-refractivity contribution in [2.75, 3.05) is 0 Å². The van der Waals surface area contributed by atoms with Crippen LogP contribution in [0.15, 0.2) is 12.2 Å². The highest BCUT2D eigenvalue weighted by molar-refractivity contribution is 5.73. The Bertz CT molecular complexity index is 424. The monoisotopic (exact) mass is 312 g/mol. The standard InChI is InChI=1S/C16H28N2O4/c1-15(2,3)16(7-8-16)6-4-5-12(17)14(22)18-11(10-19)9-13(20)21/h4-5,10-12,14,18,22H,6-9,17H2,1-3H3,(H,20,21)/t11-,12?,14?/m0/s1. The van der Waals surface area contributed by atoms with Gasteiger partial charge in [0.2, 0.25) is 0 Å². The molecule has 6 nitrogen and oxygen atoms in total. The first-order chi connectivity index (χ1) is 10.1. The first-order valence-electron chi connectivity index (χ1n) is 7.65. The molecule has 0 spiro atoms. The van der Waals surface area contributed by atoms with E-state index in [4.69, 9.17) is 10.8 Å². The number of hydrogen-bond acceptors (Lipinski definition) is 5. The van der Waals surface area contributed by atoms with Gasteiger partial charge >= 0.3 is 5.97 Å². The molecule has 1 aliphatic rings. The minimum atomic E-state index is -1.16. The van der Waals surface area contributed by atoms with Crippen molar-refractivity contribution in [3.05, 3.63) is 12.2 Å². The highest BCUT2D eigenvalue weighted by atomic mass is 16.4. The van der Waals surface area contributed by atoms with Crippen LogP contribution in [0.2, 0.25) is 0 Å². The van der Waals surface area contributed by atoms with Crippen LogP contribution in [0.4, 0.5) is 0 Å². The molecule has 0 aromatic rings. The van der Waals surface area contributed by atoms with Gasteiger partial charge in [-0.1, -0.05) is 32.9 Å². The quantitative estimate of drug-likeness (QED) is 0.287. The van der Waals surface area contributed by atoms with Gasteiger partial charge in [-0.3, -0.25) is 10.1 Å². The predicted molar refractivity (Wildman–Crippen MR) is 84.1 cm³/mol. The van der Waals surface area contributed by atoms with E-state index in [0.29, 0.717) is 11.7 Å². The molecule has 0 bridgehead atoms. The zero-order valence-corrected chi connectivity index (χ0v) is 13.6. The van der Waals surface area contributed by atoms with Crippen LogP contribution in [0.25, 0.3) is 0 Å². The average Bonchev–Trinajstić information content (AvgIpc) is 3.17. The van der Waals surface area contributed by atoms with Gasteiger partial charge in [-0.05, 0) is 30.1 Å². The second-order valence-electron chi connectivity index (χ2n) is 7.19. The summed E-state index contributed by atoms with van der Waals surface area (Å²) in [5, 5.41) is 21.1. The number of aliphatic hydroxyl groups is 1. The van der Waals surface area contributed by atoms with Crippen molar-refractivity contribution in [1.82, 2.24) is 5.32 Å². The summed E-state index contributed by atoms with van der Waals surface area (Å²) in [4.78, 5) is 21.3. The highest BCUT2D eigenvalue weighted by Crippen LogP contribution is 2.60. The number of aliphatic carboxylic acids is 1. The number of aliphatic hydroxyl groups excluding tert-OH is 1. The number of carbonyl (C=O) groups is 2. The van der Waals surface area contributed by atoms with Gasteiger partial charge in [0.1, 0.15) is 12.5 Å². The van der Waals surface area contributed by atoms with Gasteiger partial charge in [0.15, 0.2) is 0 Å². The highest BCUT2D eigenvalue weighted by Gasteiger charge is 2.50. The van der Waals surface area contributed by atoms with E-state index >= 15 is 0 Å². The van der Waals surface area contributed by atoms with Crippen molar-refractivity contribution in [2.45, 2.75) is 64.8 Å². The third-order valence-electron chi connectivity index (χ3n) is 4.62. The van der Waals surface area contributed by atoms with E-state index in [1.165, 1.54) is 12.8 Å². The third kappa shape index (κ3) is 5.19.